The van der Waals surface area contributed by atoms with E-state index in [1.54, 1.807) is 7.11 Å². The lowest BCUT2D eigenvalue weighted by Crippen LogP contribution is -2.22. The molecule has 4 rings (SSSR count). The molecule has 118 valence electrons. The molecule has 1 aliphatic heterocycles. The number of pyridine rings is 1. The normalized spacial score (nSPS) is 18.0. The van der Waals surface area contributed by atoms with Crippen LogP contribution < -0.4 is 4.90 Å². The molecule has 1 atom stereocenters. The van der Waals surface area contributed by atoms with E-state index in [0.717, 1.165) is 36.4 Å². The molecule has 0 unspecified atom stereocenters. The van der Waals surface area contributed by atoms with Crippen LogP contribution >= 0.6 is 0 Å². The van der Waals surface area contributed by atoms with E-state index < -0.39 is 0 Å². The molecule has 0 spiro atoms. The third kappa shape index (κ3) is 2.70. The molecule has 3 heterocycles. The van der Waals surface area contributed by atoms with Gasteiger partial charge in [0.15, 0.2) is 0 Å². The minimum Gasteiger partial charge on any atom is -0.380 e. The first-order chi connectivity index (χ1) is 11.2. The Bertz CT molecular complexity index is 840. The first kappa shape index (κ1) is 14.3. The fraction of sp³-hybridized carbons (Fsp3) is 0.316. The second-order valence-electron chi connectivity index (χ2n) is 6.24. The summed E-state index contributed by atoms with van der Waals surface area (Å²) in [7, 11) is 1.79. The second-order valence-corrected chi connectivity index (χ2v) is 6.24. The fourth-order valence-corrected chi connectivity index (χ4v) is 3.27. The van der Waals surface area contributed by atoms with E-state index in [-0.39, 0.29) is 0 Å². The van der Waals surface area contributed by atoms with E-state index in [2.05, 4.69) is 65.0 Å². The Balaban J connectivity index is 1.67. The van der Waals surface area contributed by atoms with E-state index >= 15 is 0 Å². The van der Waals surface area contributed by atoms with E-state index in [1.165, 1.54) is 11.3 Å². The van der Waals surface area contributed by atoms with Crippen LogP contribution in [0.1, 0.15) is 12.0 Å². The Morgan fingerprint density at radius 2 is 2.13 bits per heavy atom. The minimum absolute atomic E-state index is 0.342. The third-order valence-corrected chi connectivity index (χ3v) is 4.60. The summed E-state index contributed by atoms with van der Waals surface area (Å²) in [6, 6.07) is 12.8. The Morgan fingerprint density at radius 1 is 1.22 bits per heavy atom. The number of hydrogen-bond donors (Lipinski definition) is 0. The average molecular weight is 307 g/mol. The van der Waals surface area contributed by atoms with Crippen molar-refractivity contribution in [3.05, 3.63) is 54.4 Å². The van der Waals surface area contributed by atoms with Gasteiger partial charge in [0.1, 0.15) is 5.65 Å². The van der Waals surface area contributed by atoms with E-state index in [0.29, 0.717) is 6.10 Å². The van der Waals surface area contributed by atoms with Crippen molar-refractivity contribution in [3.63, 3.8) is 0 Å². The summed E-state index contributed by atoms with van der Waals surface area (Å²) in [6.45, 7) is 4.11. The van der Waals surface area contributed by atoms with Gasteiger partial charge in [-0.05, 0) is 25.5 Å². The summed E-state index contributed by atoms with van der Waals surface area (Å²) in [5.74, 6) is 0. The van der Waals surface area contributed by atoms with E-state index in [9.17, 15) is 0 Å². The summed E-state index contributed by atoms with van der Waals surface area (Å²) in [5.41, 5.74) is 5.64. The van der Waals surface area contributed by atoms with Crippen molar-refractivity contribution in [2.75, 3.05) is 25.1 Å². The van der Waals surface area contributed by atoms with Gasteiger partial charge in [0, 0.05) is 49.9 Å². The number of anilines is 1. The topological polar surface area (TPSA) is 29.8 Å². The third-order valence-electron chi connectivity index (χ3n) is 4.60. The lowest BCUT2D eigenvalue weighted by atomic mass is 10.1. The highest BCUT2D eigenvalue weighted by Crippen LogP contribution is 2.25. The van der Waals surface area contributed by atoms with Crippen molar-refractivity contribution in [1.29, 1.82) is 0 Å². The highest BCUT2D eigenvalue weighted by atomic mass is 16.5. The number of aryl methyl sites for hydroxylation is 1. The van der Waals surface area contributed by atoms with Gasteiger partial charge in [-0.15, -0.1) is 0 Å². The number of hydrogen-bond acceptors (Lipinski definition) is 3. The minimum atomic E-state index is 0.342. The Hall–Kier alpha value is -2.33. The second kappa shape index (κ2) is 5.70. The molecule has 0 bridgehead atoms. The van der Waals surface area contributed by atoms with Crippen LogP contribution in [-0.2, 0) is 4.74 Å². The average Bonchev–Trinajstić information content (AvgIpc) is 3.20. The van der Waals surface area contributed by atoms with Gasteiger partial charge in [-0.1, -0.05) is 23.8 Å². The van der Waals surface area contributed by atoms with Crippen molar-refractivity contribution < 1.29 is 4.74 Å². The zero-order valence-corrected chi connectivity index (χ0v) is 13.6. The van der Waals surface area contributed by atoms with Crippen molar-refractivity contribution in [2.24, 2.45) is 0 Å². The quantitative estimate of drug-likeness (QED) is 0.741. The molecule has 0 saturated carbocycles. The number of imidazole rings is 1. The molecule has 2 aromatic heterocycles. The van der Waals surface area contributed by atoms with Crippen LogP contribution in [0.15, 0.2) is 48.8 Å². The predicted molar refractivity (Wildman–Crippen MR) is 93.0 cm³/mol. The standard InChI is InChI=1S/C19H21N3O/c1-14-4-3-5-15(10-14)18-13-22-8-6-16(11-19(22)20-18)21-9-7-17(12-21)23-2/h3-6,8,10-11,13,17H,7,9,12H2,1-2H3/t17-/m1/s1. The van der Waals surface area contributed by atoms with Crippen LogP contribution in [0.3, 0.4) is 0 Å². The molecule has 1 aliphatic rings. The van der Waals surface area contributed by atoms with Crippen LogP contribution in [0, 0.1) is 6.92 Å². The van der Waals surface area contributed by atoms with Gasteiger partial charge in [0.2, 0.25) is 0 Å². The van der Waals surface area contributed by atoms with E-state index in [1.807, 2.05) is 0 Å². The smallest absolute Gasteiger partial charge is 0.139 e. The van der Waals surface area contributed by atoms with Gasteiger partial charge in [-0.2, -0.15) is 0 Å². The lowest BCUT2D eigenvalue weighted by Gasteiger charge is -2.18. The number of methoxy groups -OCH3 is 1. The molecule has 0 amide bonds. The summed E-state index contributed by atoms with van der Waals surface area (Å²) >= 11 is 0. The molecule has 1 aromatic carbocycles. The van der Waals surface area contributed by atoms with Gasteiger partial charge in [-0.25, -0.2) is 4.98 Å². The van der Waals surface area contributed by atoms with Gasteiger partial charge in [-0.3, -0.25) is 0 Å². The number of benzene rings is 1. The molecule has 3 aromatic rings. The highest BCUT2D eigenvalue weighted by molar-refractivity contribution is 5.66. The van der Waals surface area contributed by atoms with Crippen LogP contribution in [0.25, 0.3) is 16.9 Å². The molecule has 1 saturated heterocycles. The summed E-state index contributed by atoms with van der Waals surface area (Å²) in [5, 5.41) is 0. The first-order valence-corrected chi connectivity index (χ1v) is 8.06. The fourth-order valence-electron chi connectivity index (χ4n) is 3.27. The van der Waals surface area contributed by atoms with Crippen LogP contribution in [0.2, 0.25) is 0 Å². The summed E-state index contributed by atoms with van der Waals surface area (Å²) in [6.07, 6.45) is 5.62. The van der Waals surface area contributed by atoms with Crippen LogP contribution in [0.5, 0.6) is 0 Å². The van der Waals surface area contributed by atoms with Gasteiger partial charge < -0.3 is 14.0 Å². The molecule has 0 N–H and O–H groups in total. The molecular formula is C19H21N3O. The first-order valence-electron chi connectivity index (χ1n) is 8.06. The molecule has 23 heavy (non-hydrogen) atoms. The van der Waals surface area contributed by atoms with Crippen molar-refractivity contribution >= 4 is 11.3 Å². The Kier molecular flexibility index (Phi) is 3.54. The largest absolute Gasteiger partial charge is 0.380 e. The molecular weight excluding hydrogens is 286 g/mol. The SMILES string of the molecule is CO[C@@H]1CCN(c2ccn3cc(-c4cccc(C)c4)nc3c2)C1. The maximum absolute atomic E-state index is 5.46. The van der Waals surface area contributed by atoms with E-state index in [4.69, 9.17) is 9.72 Å². The van der Waals surface area contributed by atoms with Crippen LogP contribution in [-0.4, -0.2) is 35.7 Å². The molecule has 1 fully saturated rings. The summed E-state index contributed by atoms with van der Waals surface area (Å²) in [4.78, 5) is 7.17. The number of nitrogens with zero attached hydrogens (tertiary/aromatic N) is 3. The number of ether oxygens (including phenoxy) is 1. The van der Waals surface area contributed by atoms with Gasteiger partial charge in [0.25, 0.3) is 0 Å². The van der Waals surface area contributed by atoms with Gasteiger partial charge >= 0.3 is 0 Å². The predicted octanol–water partition coefficient (Wildman–Crippen LogP) is 3.53. The molecule has 4 nitrogen and oxygen atoms in total. The maximum Gasteiger partial charge on any atom is 0.139 e. The highest BCUT2D eigenvalue weighted by Gasteiger charge is 2.22. The van der Waals surface area contributed by atoms with Crippen molar-refractivity contribution in [3.8, 4) is 11.3 Å². The van der Waals surface area contributed by atoms with Crippen molar-refractivity contribution in [2.45, 2.75) is 19.4 Å². The molecule has 4 heteroatoms. The van der Waals surface area contributed by atoms with Crippen molar-refractivity contribution in [1.82, 2.24) is 9.38 Å². The Morgan fingerprint density at radius 3 is 2.91 bits per heavy atom. The maximum atomic E-state index is 5.46. The van der Waals surface area contributed by atoms with Crippen LogP contribution in [0.4, 0.5) is 5.69 Å². The number of aromatic nitrogens is 2. The molecule has 0 aliphatic carbocycles. The molecule has 0 radical (unpaired) electrons. The monoisotopic (exact) mass is 307 g/mol. The number of rotatable bonds is 3. The lowest BCUT2D eigenvalue weighted by molar-refractivity contribution is 0.121. The van der Waals surface area contributed by atoms with Gasteiger partial charge in [0.05, 0.1) is 11.8 Å². The Labute approximate surface area is 136 Å². The number of fused-ring (bicyclic) bond motifs is 1. The summed E-state index contributed by atoms with van der Waals surface area (Å²) < 4.78 is 7.55. The zero-order chi connectivity index (χ0) is 15.8. The zero-order valence-electron chi connectivity index (χ0n) is 13.6.